The first-order chi connectivity index (χ1) is 22.6. The van der Waals surface area contributed by atoms with Gasteiger partial charge in [-0.1, -0.05) is 23.8 Å². The summed E-state index contributed by atoms with van der Waals surface area (Å²) in [6.07, 6.45) is 11.7. The van der Waals surface area contributed by atoms with E-state index < -0.39 is 5.60 Å². The second kappa shape index (κ2) is 11.5. The Labute approximate surface area is 274 Å². The molecule has 1 spiro atoms. The van der Waals surface area contributed by atoms with E-state index >= 15 is 0 Å². The SMILES string of the molecule is CC(C)(C)OC(=O)n1c(CN2CCC3(CCC3)C2)cc2ccc(Cn3cc(-c4cc(N)cc5c4cnn5C4CCCCO4)nn3)cc21. The van der Waals surface area contributed by atoms with Crippen molar-refractivity contribution < 1.29 is 14.3 Å². The molecule has 1 aliphatic carbocycles. The molecule has 1 atom stereocenters. The van der Waals surface area contributed by atoms with Crippen molar-refractivity contribution >= 4 is 33.6 Å². The molecule has 0 amide bonds. The van der Waals surface area contributed by atoms with Gasteiger partial charge in [-0.25, -0.2) is 18.7 Å². The quantitative estimate of drug-likeness (QED) is 0.204. The Balaban J connectivity index is 1.08. The molecule has 2 aromatic carbocycles. The van der Waals surface area contributed by atoms with Crippen LogP contribution >= 0.6 is 0 Å². The predicted molar refractivity (Wildman–Crippen MR) is 181 cm³/mol. The molecule has 3 aliphatic rings. The molecule has 2 aliphatic heterocycles. The average Bonchev–Trinajstić information content (AvgIpc) is 3.81. The van der Waals surface area contributed by atoms with Crippen LogP contribution in [0.4, 0.5) is 10.5 Å². The highest BCUT2D eigenvalue weighted by molar-refractivity contribution is 5.96. The largest absolute Gasteiger partial charge is 0.443 e. The van der Waals surface area contributed by atoms with Crippen LogP contribution in [0.3, 0.4) is 0 Å². The van der Waals surface area contributed by atoms with E-state index in [9.17, 15) is 4.79 Å². The second-order valence-corrected chi connectivity index (χ2v) is 14.9. The first kappa shape index (κ1) is 30.1. The van der Waals surface area contributed by atoms with Crippen LogP contribution in [0.1, 0.15) is 83.2 Å². The van der Waals surface area contributed by atoms with Crippen molar-refractivity contribution in [2.45, 2.75) is 90.6 Å². The number of aromatic nitrogens is 6. The van der Waals surface area contributed by atoms with Gasteiger partial charge < -0.3 is 15.2 Å². The van der Waals surface area contributed by atoms with Gasteiger partial charge in [0.05, 0.1) is 30.0 Å². The van der Waals surface area contributed by atoms with E-state index in [0.29, 0.717) is 17.6 Å². The zero-order valence-electron chi connectivity index (χ0n) is 27.6. The molecule has 11 heteroatoms. The maximum Gasteiger partial charge on any atom is 0.419 e. The van der Waals surface area contributed by atoms with Crippen molar-refractivity contribution in [3.05, 3.63) is 60.0 Å². The Kier molecular flexibility index (Phi) is 7.36. The highest BCUT2D eigenvalue weighted by atomic mass is 16.6. The lowest BCUT2D eigenvalue weighted by Gasteiger charge is -2.38. The van der Waals surface area contributed by atoms with Crippen LogP contribution in [-0.2, 0) is 22.6 Å². The minimum absolute atomic E-state index is 0.0867. The van der Waals surface area contributed by atoms with E-state index in [4.69, 9.17) is 15.2 Å². The summed E-state index contributed by atoms with van der Waals surface area (Å²) < 4.78 is 17.5. The molecule has 47 heavy (non-hydrogen) atoms. The maximum atomic E-state index is 13.7. The summed E-state index contributed by atoms with van der Waals surface area (Å²) in [7, 11) is 0. The molecule has 5 heterocycles. The van der Waals surface area contributed by atoms with Gasteiger partial charge in [-0.2, -0.15) is 5.10 Å². The fourth-order valence-corrected chi connectivity index (χ4v) is 7.73. The number of hydrogen-bond acceptors (Lipinski definition) is 8. The lowest BCUT2D eigenvalue weighted by Crippen LogP contribution is -2.33. The number of nitrogens with zero attached hydrogens (tertiary/aromatic N) is 7. The van der Waals surface area contributed by atoms with Crippen molar-refractivity contribution in [1.82, 2.24) is 34.2 Å². The molecule has 246 valence electrons. The first-order valence-corrected chi connectivity index (χ1v) is 17.0. The zero-order valence-corrected chi connectivity index (χ0v) is 27.6. The Morgan fingerprint density at radius 2 is 1.94 bits per heavy atom. The molecule has 2 saturated heterocycles. The predicted octanol–water partition coefficient (Wildman–Crippen LogP) is 6.74. The van der Waals surface area contributed by atoms with Crippen molar-refractivity contribution in [3.63, 3.8) is 0 Å². The van der Waals surface area contributed by atoms with Crippen molar-refractivity contribution in [2.24, 2.45) is 5.41 Å². The second-order valence-electron chi connectivity index (χ2n) is 14.9. The smallest absolute Gasteiger partial charge is 0.419 e. The lowest BCUT2D eigenvalue weighted by atomic mass is 9.68. The van der Waals surface area contributed by atoms with E-state index in [2.05, 4.69) is 44.6 Å². The summed E-state index contributed by atoms with van der Waals surface area (Å²) in [5.74, 6) is 0. The lowest BCUT2D eigenvalue weighted by molar-refractivity contribution is -0.0366. The van der Waals surface area contributed by atoms with Crippen LogP contribution in [-0.4, -0.2) is 65.6 Å². The van der Waals surface area contributed by atoms with Crippen LogP contribution in [0.5, 0.6) is 0 Å². The highest BCUT2D eigenvalue weighted by Gasteiger charge is 2.42. The van der Waals surface area contributed by atoms with Gasteiger partial charge in [-0.15, -0.1) is 5.10 Å². The number of anilines is 1. The molecular formula is C36H44N8O3. The van der Waals surface area contributed by atoms with Gasteiger partial charge in [0.2, 0.25) is 0 Å². The van der Waals surface area contributed by atoms with Gasteiger partial charge in [-0.3, -0.25) is 4.90 Å². The highest BCUT2D eigenvalue weighted by Crippen LogP contribution is 2.48. The summed E-state index contributed by atoms with van der Waals surface area (Å²) in [5.41, 5.74) is 12.3. The topological polar surface area (TPSA) is 118 Å². The van der Waals surface area contributed by atoms with E-state index in [0.717, 1.165) is 89.8 Å². The summed E-state index contributed by atoms with van der Waals surface area (Å²) in [5, 5.41) is 15.7. The van der Waals surface area contributed by atoms with Gasteiger partial charge in [0.25, 0.3) is 0 Å². The maximum absolute atomic E-state index is 13.7. The molecule has 1 saturated carbocycles. The van der Waals surface area contributed by atoms with E-state index in [-0.39, 0.29) is 12.3 Å². The van der Waals surface area contributed by atoms with Gasteiger partial charge in [0.1, 0.15) is 11.3 Å². The van der Waals surface area contributed by atoms with Gasteiger partial charge in [-0.05, 0) is 101 Å². The van der Waals surface area contributed by atoms with Crippen molar-refractivity contribution in [3.8, 4) is 11.3 Å². The molecule has 2 N–H and O–H groups in total. The van der Waals surface area contributed by atoms with Gasteiger partial charge in [0, 0.05) is 47.4 Å². The fourth-order valence-electron chi connectivity index (χ4n) is 7.73. The van der Waals surface area contributed by atoms with E-state index in [1.54, 1.807) is 4.57 Å². The molecule has 11 nitrogen and oxygen atoms in total. The Morgan fingerprint density at radius 3 is 2.68 bits per heavy atom. The normalized spacial score (nSPS) is 19.9. The first-order valence-electron chi connectivity index (χ1n) is 17.0. The fraction of sp³-hybridized carbons (Fsp3) is 0.500. The number of ether oxygens (including phenoxy) is 2. The van der Waals surface area contributed by atoms with Crippen LogP contribution < -0.4 is 5.73 Å². The van der Waals surface area contributed by atoms with Crippen molar-refractivity contribution in [2.75, 3.05) is 25.4 Å². The van der Waals surface area contributed by atoms with Gasteiger partial charge in [0.15, 0.2) is 6.23 Å². The zero-order chi connectivity index (χ0) is 32.3. The van der Waals surface area contributed by atoms with Crippen LogP contribution in [0.25, 0.3) is 33.1 Å². The number of carbonyl (C=O) groups excluding carboxylic acids is 1. The third-order valence-electron chi connectivity index (χ3n) is 10.2. The summed E-state index contributed by atoms with van der Waals surface area (Å²) in [6, 6.07) is 12.3. The minimum atomic E-state index is -0.602. The number of fused-ring (bicyclic) bond motifs is 2. The van der Waals surface area contributed by atoms with Crippen LogP contribution in [0.2, 0.25) is 0 Å². The van der Waals surface area contributed by atoms with Crippen molar-refractivity contribution in [1.29, 1.82) is 0 Å². The Morgan fingerprint density at radius 1 is 1.06 bits per heavy atom. The molecule has 5 aromatic rings. The Hall–Kier alpha value is -4.22. The van der Waals surface area contributed by atoms with Crippen LogP contribution in [0.15, 0.2) is 48.8 Å². The average molecular weight is 637 g/mol. The van der Waals surface area contributed by atoms with Gasteiger partial charge >= 0.3 is 6.09 Å². The third kappa shape index (κ3) is 5.80. The summed E-state index contributed by atoms with van der Waals surface area (Å²) in [6.45, 7) is 9.88. The number of nitrogens with two attached hydrogens (primary N) is 1. The number of hydrogen-bond donors (Lipinski definition) is 1. The molecule has 3 aromatic heterocycles. The minimum Gasteiger partial charge on any atom is -0.443 e. The monoisotopic (exact) mass is 636 g/mol. The molecule has 0 bridgehead atoms. The number of nitrogen functional groups attached to an aromatic ring is 1. The van der Waals surface area contributed by atoms with E-state index in [1.807, 2.05) is 54.7 Å². The summed E-state index contributed by atoms with van der Waals surface area (Å²) in [4.78, 5) is 16.2. The standard InChI is InChI=1S/C36H44N8O3/c1-35(2,3)47-34(45)43-27(21-41-13-12-36(23-41)10-6-11-36)16-25-9-8-24(15-31(25)43)20-42-22-30(39-40-42)28-17-26(37)18-32-29(28)19-38-44(32)33-7-4-5-14-46-33/h8-9,15-19,22,33H,4-7,10-14,20-21,23,37H2,1-3H3. The number of benzene rings is 2. The third-order valence-corrected chi connectivity index (χ3v) is 10.2. The summed E-state index contributed by atoms with van der Waals surface area (Å²) >= 11 is 0. The molecule has 1 unspecified atom stereocenters. The number of rotatable bonds is 6. The van der Waals surface area contributed by atoms with Crippen LogP contribution in [0, 0.1) is 5.41 Å². The number of carbonyl (C=O) groups is 1. The number of likely N-dealkylation sites (tertiary alicyclic amines) is 1. The molecule has 8 rings (SSSR count). The van der Waals surface area contributed by atoms with E-state index in [1.165, 1.54) is 25.7 Å². The molecular weight excluding hydrogens is 592 g/mol. The Bertz CT molecular complexity index is 1950. The molecule has 0 radical (unpaired) electrons. The molecule has 3 fully saturated rings.